The first-order valence-corrected chi connectivity index (χ1v) is 11.1. The van der Waals surface area contributed by atoms with Crippen molar-refractivity contribution in [3.63, 3.8) is 0 Å². The molecule has 4 aromatic rings. The highest BCUT2D eigenvalue weighted by molar-refractivity contribution is 6.31. The Balaban J connectivity index is 1.74. The molecule has 0 saturated heterocycles. The fourth-order valence-corrected chi connectivity index (χ4v) is 3.94. The Morgan fingerprint density at radius 1 is 0.909 bits per heavy atom. The van der Waals surface area contributed by atoms with E-state index in [1.54, 1.807) is 54.0 Å². The number of carbonyl (C=O) groups excluding carboxylic acids is 1. The van der Waals surface area contributed by atoms with Crippen LogP contribution in [0.3, 0.4) is 0 Å². The highest BCUT2D eigenvalue weighted by Gasteiger charge is 2.15. The Hall–Kier alpha value is -3.64. The second-order valence-corrected chi connectivity index (χ2v) is 8.08. The van der Waals surface area contributed by atoms with E-state index in [0.29, 0.717) is 34.5 Å². The highest BCUT2D eigenvalue weighted by Crippen LogP contribution is 2.17. The molecule has 0 unspecified atom stereocenters. The van der Waals surface area contributed by atoms with E-state index in [9.17, 15) is 14.4 Å². The van der Waals surface area contributed by atoms with Crippen LogP contribution in [0, 0.1) is 0 Å². The summed E-state index contributed by atoms with van der Waals surface area (Å²) in [4.78, 5) is 38.5. The lowest BCUT2D eigenvalue weighted by Crippen LogP contribution is -2.40. The molecule has 0 fully saturated rings. The van der Waals surface area contributed by atoms with Crippen LogP contribution in [0.1, 0.15) is 28.4 Å². The fraction of sp³-hybridized carbons (Fsp3) is 0.192. The van der Waals surface area contributed by atoms with E-state index in [-0.39, 0.29) is 18.6 Å². The normalized spacial score (nSPS) is 11.0. The Bertz CT molecular complexity index is 1410. The third-order valence-electron chi connectivity index (χ3n) is 5.46. The lowest BCUT2D eigenvalue weighted by Gasteiger charge is -2.15. The Morgan fingerprint density at radius 3 is 2.33 bits per heavy atom. The zero-order valence-electron chi connectivity index (χ0n) is 18.2. The zero-order valence-corrected chi connectivity index (χ0v) is 18.9. The van der Waals surface area contributed by atoms with Crippen molar-refractivity contribution in [2.45, 2.75) is 26.4 Å². The molecule has 1 heterocycles. The summed E-state index contributed by atoms with van der Waals surface area (Å²) >= 11 is 6.19. The monoisotopic (exact) mass is 462 g/mol. The number of ether oxygens (including phenoxy) is 1. The summed E-state index contributed by atoms with van der Waals surface area (Å²) < 4.78 is 7.84. The van der Waals surface area contributed by atoms with Crippen LogP contribution in [0.4, 0.5) is 0 Å². The van der Waals surface area contributed by atoms with Gasteiger partial charge in [-0.15, -0.1) is 0 Å². The van der Waals surface area contributed by atoms with Crippen LogP contribution in [0.5, 0.6) is 0 Å². The number of hydrogen-bond donors (Lipinski definition) is 0. The number of benzene rings is 3. The minimum Gasteiger partial charge on any atom is -0.462 e. The van der Waals surface area contributed by atoms with Crippen molar-refractivity contribution < 1.29 is 9.53 Å². The molecule has 168 valence electrons. The first kappa shape index (κ1) is 22.6. The van der Waals surface area contributed by atoms with E-state index in [1.807, 2.05) is 30.3 Å². The summed E-state index contributed by atoms with van der Waals surface area (Å²) in [5, 5.41) is 0.866. The molecule has 0 amide bonds. The van der Waals surface area contributed by atoms with Crippen LogP contribution in [0.15, 0.2) is 82.4 Å². The molecule has 0 aliphatic carbocycles. The van der Waals surface area contributed by atoms with Crippen molar-refractivity contribution in [2.75, 3.05) is 6.61 Å². The summed E-state index contributed by atoms with van der Waals surface area (Å²) in [5.74, 6) is -0.395. The van der Waals surface area contributed by atoms with E-state index in [4.69, 9.17) is 16.3 Å². The van der Waals surface area contributed by atoms with Crippen LogP contribution in [-0.2, 0) is 24.2 Å². The van der Waals surface area contributed by atoms with Gasteiger partial charge in [0.05, 0.1) is 29.6 Å². The van der Waals surface area contributed by atoms with Gasteiger partial charge in [-0.25, -0.2) is 9.59 Å². The molecule has 0 N–H and O–H groups in total. The maximum atomic E-state index is 13.4. The lowest BCUT2D eigenvalue weighted by atomic mass is 10.1. The van der Waals surface area contributed by atoms with E-state index >= 15 is 0 Å². The van der Waals surface area contributed by atoms with E-state index in [2.05, 4.69) is 0 Å². The summed E-state index contributed by atoms with van der Waals surface area (Å²) in [6, 6.07) is 21.5. The van der Waals surface area contributed by atoms with Gasteiger partial charge in [-0.05, 0) is 54.8 Å². The summed E-state index contributed by atoms with van der Waals surface area (Å²) in [6.45, 7) is 2.54. The van der Waals surface area contributed by atoms with Gasteiger partial charge in [0.15, 0.2) is 0 Å². The van der Waals surface area contributed by atoms with E-state index < -0.39 is 11.7 Å². The number of rotatable bonds is 7. The number of hydrogen-bond acceptors (Lipinski definition) is 4. The Morgan fingerprint density at radius 2 is 1.64 bits per heavy atom. The number of nitrogens with zero attached hydrogens (tertiary/aromatic N) is 2. The highest BCUT2D eigenvalue weighted by atomic mass is 35.5. The smallest absolute Gasteiger partial charge is 0.338 e. The maximum Gasteiger partial charge on any atom is 0.338 e. The predicted molar refractivity (Wildman–Crippen MR) is 129 cm³/mol. The summed E-state index contributed by atoms with van der Waals surface area (Å²) in [6.07, 6.45) is 0.559. The number of fused-ring (bicyclic) bond motifs is 1. The van der Waals surface area contributed by atoms with Gasteiger partial charge in [-0.1, -0.05) is 54.1 Å². The second kappa shape index (κ2) is 9.88. The summed E-state index contributed by atoms with van der Waals surface area (Å²) in [7, 11) is 0. The van der Waals surface area contributed by atoms with Gasteiger partial charge < -0.3 is 4.74 Å². The van der Waals surface area contributed by atoms with Gasteiger partial charge >= 0.3 is 11.7 Å². The Kier molecular flexibility index (Phi) is 6.75. The van der Waals surface area contributed by atoms with Crippen LogP contribution in [0.25, 0.3) is 10.9 Å². The lowest BCUT2D eigenvalue weighted by molar-refractivity contribution is 0.0526. The van der Waals surface area contributed by atoms with Gasteiger partial charge in [0.1, 0.15) is 0 Å². The number of aryl methyl sites for hydroxylation is 1. The molecule has 7 heteroatoms. The van der Waals surface area contributed by atoms with Crippen molar-refractivity contribution in [2.24, 2.45) is 0 Å². The minimum atomic E-state index is -0.403. The van der Waals surface area contributed by atoms with Gasteiger partial charge in [-0.2, -0.15) is 0 Å². The van der Waals surface area contributed by atoms with Crippen LogP contribution in [-0.4, -0.2) is 21.7 Å². The molecule has 0 aliphatic heterocycles. The van der Waals surface area contributed by atoms with Gasteiger partial charge in [-0.3, -0.25) is 13.9 Å². The number of esters is 1. The molecule has 0 bridgehead atoms. The SMILES string of the molecule is CCOC(=O)c1ccc(Cn2c(=O)n(CCc3ccccc3)c(=O)c3ccc(Cl)cc32)cc1. The average Bonchev–Trinajstić information content (AvgIpc) is 2.83. The molecule has 3 aromatic carbocycles. The molecule has 6 nitrogen and oxygen atoms in total. The molecule has 0 spiro atoms. The first-order chi connectivity index (χ1) is 16.0. The molecular formula is C26H23ClN2O4. The quantitative estimate of drug-likeness (QED) is 0.384. The number of halogens is 1. The van der Waals surface area contributed by atoms with Crippen molar-refractivity contribution in [3.05, 3.63) is 115 Å². The zero-order chi connectivity index (χ0) is 23.4. The fourth-order valence-electron chi connectivity index (χ4n) is 3.77. The van der Waals surface area contributed by atoms with Crippen molar-refractivity contribution in [1.29, 1.82) is 0 Å². The van der Waals surface area contributed by atoms with Crippen LogP contribution >= 0.6 is 11.6 Å². The molecular weight excluding hydrogens is 440 g/mol. The standard InChI is InChI=1S/C26H23ClN2O4/c1-2-33-25(31)20-10-8-19(9-11-20)17-29-23-16-21(27)12-13-22(23)24(30)28(26(29)32)15-14-18-6-4-3-5-7-18/h3-13,16H,2,14-15,17H2,1H3. The van der Waals surface area contributed by atoms with Gasteiger partial charge in [0, 0.05) is 11.6 Å². The molecule has 0 radical (unpaired) electrons. The molecule has 0 saturated carbocycles. The third-order valence-corrected chi connectivity index (χ3v) is 5.70. The third kappa shape index (κ3) is 4.91. The predicted octanol–water partition coefficient (Wildman–Crippen LogP) is 4.28. The van der Waals surface area contributed by atoms with Gasteiger partial charge in [0.25, 0.3) is 5.56 Å². The van der Waals surface area contributed by atoms with Crippen molar-refractivity contribution >= 4 is 28.5 Å². The largest absolute Gasteiger partial charge is 0.462 e. The molecule has 0 aliphatic rings. The molecule has 1 aromatic heterocycles. The number of carbonyl (C=O) groups is 1. The van der Waals surface area contributed by atoms with Gasteiger partial charge in [0.2, 0.25) is 0 Å². The van der Waals surface area contributed by atoms with E-state index in [0.717, 1.165) is 11.1 Å². The van der Waals surface area contributed by atoms with Crippen LogP contribution in [0.2, 0.25) is 5.02 Å². The minimum absolute atomic E-state index is 0.227. The molecule has 0 atom stereocenters. The Labute approximate surface area is 195 Å². The maximum absolute atomic E-state index is 13.4. The molecule has 33 heavy (non-hydrogen) atoms. The second-order valence-electron chi connectivity index (χ2n) is 7.64. The molecule has 4 rings (SSSR count). The van der Waals surface area contributed by atoms with Crippen molar-refractivity contribution in [3.8, 4) is 0 Å². The topological polar surface area (TPSA) is 70.3 Å². The average molecular weight is 463 g/mol. The van der Waals surface area contributed by atoms with Crippen molar-refractivity contribution in [1.82, 2.24) is 9.13 Å². The number of aromatic nitrogens is 2. The summed E-state index contributed by atoms with van der Waals surface area (Å²) in [5.41, 5.74) is 2.02. The first-order valence-electron chi connectivity index (χ1n) is 10.7. The van der Waals surface area contributed by atoms with E-state index in [1.165, 1.54) is 4.57 Å². The van der Waals surface area contributed by atoms with Crippen LogP contribution < -0.4 is 11.2 Å².